The van der Waals surface area contributed by atoms with Gasteiger partial charge >= 0.3 is 0 Å². The molecular formula is C12H17BrN2O3S. The first kappa shape index (κ1) is 16.3. The quantitative estimate of drug-likeness (QED) is 0.607. The first-order valence-electron chi connectivity index (χ1n) is 5.86. The smallest absolute Gasteiger partial charge is 0.273 e. The van der Waals surface area contributed by atoms with E-state index in [0.29, 0.717) is 17.9 Å². The Labute approximate surface area is 123 Å². The average molecular weight is 349 g/mol. The van der Waals surface area contributed by atoms with Gasteiger partial charge in [-0.15, -0.1) is 0 Å². The average Bonchev–Trinajstić information content (AvgIpc) is 2.33. The molecule has 1 aromatic carbocycles. The lowest BCUT2D eigenvalue weighted by molar-refractivity contribution is -0.385. The van der Waals surface area contributed by atoms with Gasteiger partial charge in [-0.3, -0.25) is 14.3 Å². The molecule has 0 amide bonds. The minimum absolute atomic E-state index is 0.113. The lowest BCUT2D eigenvalue weighted by Crippen LogP contribution is -2.27. The van der Waals surface area contributed by atoms with Crippen molar-refractivity contribution in [2.75, 3.05) is 12.0 Å². The maximum Gasteiger partial charge on any atom is 0.273 e. The van der Waals surface area contributed by atoms with Crippen LogP contribution in [0.3, 0.4) is 0 Å². The molecule has 0 bridgehead atoms. The van der Waals surface area contributed by atoms with Crippen LogP contribution in [0, 0.1) is 10.1 Å². The highest BCUT2D eigenvalue weighted by atomic mass is 79.9. The molecule has 0 aliphatic heterocycles. The second-order valence-corrected chi connectivity index (χ2v) is 6.85. The lowest BCUT2D eigenvalue weighted by Gasteiger charge is -2.13. The van der Waals surface area contributed by atoms with E-state index >= 15 is 0 Å². The molecule has 2 unspecified atom stereocenters. The first-order chi connectivity index (χ1) is 8.90. The molecular weight excluding hydrogens is 332 g/mol. The second-order valence-electron chi connectivity index (χ2n) is 4.38. The minimum Gasteiger partial charge on any atom is -0.310 e. The number of halogens is 1. The van der Waals surface area contributed by atoms with Crippen molar-refractivity contribution >= 4 is 32.4 Å². The van der Waals surface area contributed by atoms with Crippen LogP contribution >= 0.6 is 15.9 Å². The van der Waals surface area contributed by atoms with Gasteiger partial charge in [0.15, 0.2) is 0 Å². The van der Waals surface area contributed by atoms with Crippen molar-refractivity contribution in [1.29, 1.82) is 0 Å². The van der Waals surface area contributed by atoms with Crippen molar-refractivity contribution in [3.05, 3.63) is 38.3 Å². The summed E-state index contributed by atoms with van der Waals surface area (Å²) in [5, 5.41) is 14.1. The molecule has 7 heteroatoms. The van der Waals surface area contributed by atoms with Gasteiger partial charge in [0.25, 0.3) is 5.69 Å². The molecule has 0 saturated carbocycles. The monoisotopic (exact) mass is 348 g/mol. The molecule has 0 aliphatic carbocycles. The van der Waals surface area contributed by atoms with E-state index in [-0.39, 0.29) is 16.7 Å². The van der Waals surface area contributed by atoms with E-state index < -0.39 is 10.8 Å². The lowest BCUT2D eigenvalue weighted by atomic mass is 10.1. The highest BCUT2D eigenvalue weighted by Crippen LogP contribution is 2.23. The van der Waals surface area contributed by atoms with Crippen LogP contribution in [-0.4, -0.2) is 27.2 Å². The molecule has 1 aromatic rings. The van der Waals surface area contributed by atoms with Crippen LogP contribution in [0.5, 0.6) is 0 Å². The Morgan fingerprint density at radius 2 is 2.21 bits per heavy atom. The van der Waals surface area contributed by atoms with Crippen molar-refractivity contribution in [3.8, 4) is 0 Å². The molecule has 2 atom stereocenters. The number of hydrogen-bond donors (Lipinski definition) is 1. The molecule has 0 fully saturated rings. The molecule has 5 nitrogen and oxygen atoms in total. The minimum atomic E-state index is -0.805. The number of nitro groups is 1. The number of nitrogens with one attached hydrogen (secondary N) is 1. The van der Waals surface area contributed by atoms with Crippen molar-refractivity contribution in [2.24, 2.45) is 0 Å². The highest BCUT2D eigenvalue weighted by molar-refractivity contribution is 9.10. The molecule has 0 aromatic heterocycles. The van der Waals surface area contributed by atoms with Gasteiger partial charge in [0, 0.05) is 51.5 Å². The molecule has 0 radical (unpaired) electrons. The fraction of sp³-hybridized carbons (Fsp3) is 0.500. The van der Waals surface area contributed by atoms with E-state index in [0.717, 1.165) is 10.9 Å². The van der Waals surface area contributed by atoms with Gasteiger partial charge < -0.3 is 5.32 Å². The van der Waals surface area contributed by atoms with E-state index in [4.69, 9.17) is 0 Å². The Balaban J connectivity index is 2.63. The summed E-state index contributed by atoms with van der Waals surface area (Å²) in [7, 11) is -0.805. The second kappa shape index (κ2) is 7.72. The number of nitrogens with zero attached hydrogens (tertiary/aromatic N) is 1. The third-order valence-corrected chi connectivity index (χ3v) is 4.02. The number of benzene rings is 1. The molecule has 0 spiro atoms. The third kappa shape index (κ3) is 5.80. The van der Waals surface area contributed by atoms with Crippen LogP contribution < -0.4 is 5.32 Å². The van der Waals surface area contributed by atoms with E-state index in [9.17, 15) is 14.3 Å². The van der Waals surface area contributed by atoms with Crippen LogP contribution in [0.2, 0.25) is 0 Å². The van der Waals surface area contributed by atoms with Crippen LogP contribution in [0.25, 0.3) is 0 Å². The molecule has 0 heterocycles. The summed E-state index contributed by atoms with van der Waals surface area (Å²) in [6, 6.07) is 5.07. The summed E-state index contributed by atoms with van der Waals surface area (Å²) in [4.78, 5) is 10.5. The van der Waals surface area contributed by atoms with Gasteiger partial charge in [0.05, 0.1) is 4.92 Å². The van der Waals surface area contributed by atoms with Gasteiger partial charge in [-0.25, -0.2) is 0 Å². The fourth-order valence-corrected chi connectivity index (χ4v) is 2.70. The van der Waals surface area contributed by atoms with Crippen molar-refractivity contribution in [3.63, 3.8) is 0 Å². The van der Waals surface area contributed by atoms with Gasteiger partial charge in [-0.2, -0.15) is 0 Å². The van der Waals surface area contributed by atoms with Crippen LogP contribution in [-0.2, 0) is 17.3 Å². The van der Waals surface area contributed by atoms with Gasteiger partial charge in [-0.1, -0.05) is 15.9 Å². The summed E-state index contributed by atoms with van der Waals surface area (Å²) in [5.41, 5.74) is 0.755. The van der Waals surface area contributed by atoms with E-state index in [1.165, 1.54) is 6.07 Å². The van der Waals surface area contributed by atoms with Crippen molar-refractivity contribution < 1.29 is 9.13 Å². The topological polar surface area (TPSA) is 72.2 Å². The standard InChI is InChI=1S/C12H17BrN2O3S/c1-9(5-6-19(2)18)14-8-10-7-11(13)3-4-12(10)15(16)17/h3-4,7,9,14H,5-6,8H2,1-2H3. The first-order valence-corrected chi connectivity index (χ1v) is 8.38. The fourth-order valence-electron chi connectivity index (χ4n) is 1.60. The molecule has 0 aliphatic rings. The largest absolute Gasteiger partial charge is 0.310 e. The van der Waals surface area contributed by atoms with Crippen LogP contribution in [0.15, 0.2) is 22.7 Å². The Hall–Kier alpha value is -0.790. The molecule has 0 saturated heterocycles. The Kier molecular flexibility index (Phi) is 6.60. The summed E-state index contributed by atoms with van der Waals surface area (Å²) >= 11 is 3.31. The summed E-state index contributed by atoms with van der Waals surface area (Å²) in [6.45, 7) is 2.41. The van der Waals surface area contributed by atoms with Crippen molar-refractivity contribution in [2.45, 2.75) is 25.9 Å². The zero-order valence-corrected chi connectivity index (χ0v) is 13.3. The Bertz CT molecular complexity index is 482. The summed E-state index contributed by atoms with van der Waals surface area (Å²) in [6.07, 6.45) is 2.46. The van der Waals surface area contributed by atoms with Gasteiger partial charge in [0.2, 0.25) is 0 Å². The maximum absolute atomic E-state index is 11.0. The van der Waals surface area contributed by atoms with Crippen LogP contribution in [0.4, 0.5) is 5.69 Å². The van der Waals surface area contributed by atoms with Crippen LogP contribution in [0.1, 0.15) is 18.9 Å². The maximum atomic E-state index is 11.0. The number of rotatable bonds is 7. The Morgan fingerprint density at radius 1 is 1.53 bits per heavy atom. The summed E-state index contributed by atoms with van der Waals surface area (Å²) in [5.74, 6) is 0.634. The predicted molar refractivity (Wildman–Crippen MR) is 80.6 cm³/mol. The third-order valence-electron chi connectivity index (χ3n) is 2.72. The highest BCUT2D eigenvalue weighted by Gasteiger charge is 2.14. The molecule has 106 valence electrons. The summed E-state index contributed by atoms with van der Waals surface area (Å²) < 4.78 is 11.8. The van der Waals surface area contributed by atoms with Crippen molar-refractivity contribution in [1.82, 2.24) is 5.32 Å². The SMILES string of the molecule is CC(CCS(C)=O)NCc1cc(Br)ccc1[N+](=O)[O-]. The zero-order valence-electron chi connectivity index (χ0n) is 10.9. The van der Waals surface area contributed by atoms with E-state index in [2.05, 4.69) is 21.2 Å². The number of hydrogen-bond acceptors (Lipinski definition) is 4. The predicted octanol–water partition coefficient (Wildman–Crippen LogP) is 2.60. The molecule has 19 heavy (non-hydrogen) atoms. The number of nitro benzene ring substituents is 1. The normalized spacial score (nSPS) is 14.1. The molecule has 1 rings (SSSR count). The Morgan fingerprint density at radius 3 is 2.79 bits per heavy atom. The molecule has 1 N–H and O–H groups in total. The zero-order chi connectivity index (χ0) is 14.4. The van der Waals surface area contributed by atoms with E-state index in [1.54, 1.807) is 18.4 Å². The van der Waals surface area contributed by atoms with E-state index in [1.807, 2.05) is 6.92 Å². The van der Waals surface area contributed by atoms with Gasteiger partial charge in [-0.05, 0) is 25.5 Å². The van der Waals surface area contributed by atoms with Gasteiger partial charge in [0.1, 0.15) is 0 Å².